The van der Waals surface area contributed by atoms with Crippen molar-refractivity contribution < 1.29 is 18.7 Å². The molecule has 0 spiro atoms. The maximum atomic E-state index is 14.1. The van der Waals surface area contributed by atoms with Crippen LogP contribution in [0.3, 0.4) is 0 Å². The molecule has 0 saturated heterocycles. The number of carbonyl (C=O) groups is 1. The second-order valence-electron chi connectivity index (χ2n) is 6.71. The third-order valence-electron chi connectivity index (χ3n) is 4.61. The molecule has 0 saturated carbocycles. The number of aryl methyl sites for hydroxylation is 2. The Morgan fingerprint density at radius 3 is 2.44 bits per heavy atom. The van der Waals surface area contributed by atoms with E-state index in [-0.39, 0.29) is 11.5 Å². The summed E-state index contributed by atoms with van der Waals surface area (Å²) in [6.07, 6.45) is 6.53. The fourth-order valence-electron chi connectivity index (χ4n) is 3.03. The number of aliphatic imine (C=N–C) groups is 1. The number of nitrogens with one attached hydrogen (secondary N) is 2. The quantitative estimate of drug-likeness (QED) is 0.179. The number of benzene rings is 2. The molecule has 7 heteroatoms. The van der Waals surface area contributed by atoms with E-state index in [1.807, 2.05) is 24.3 Å². The van der Waals surface area contributed by atoms with Crippen LogP contribution in [0.5, 0.6) is 11.5 Å². The lowest BCUT2D eigenvalue weighted by Crippen LogP contribution is -2.37. The number of methoxy groups -OCH3 is 2. The zero-order valence-corrected chi connectivity index (χ0v) is 18.5. The summed E-state index contributed by atoms with van der Waals surface area (Å²) in [5, 5.41) is 0. The Bertz CT molecular complexity index is 1010. The SMILES string of the molecule is C=C/C=C\C(N=C(NNC=O)c1cc(CCc2ccccc2)c(OC)cc1OC)=C(/C)F. The Balaban J connectivity index is 2.56. The van der Waals surface area contributed by atoms with Gasteiger partial charge < -0.3 is 9.47 Å². The summed E-state index contributed by atoms with van der Waals surface area (Å²) in [4.78, 5) is 15.3. The molecule has 6 nitrogen and oxygen atoms in total. The normalized spacial score (nSPS) is 12.2. The van der Waals surface area contributed by atoms with Gasteiger partial charge in [0.1, 0.15) is 17.3 Å². The molecule has 0 aromatic heterocycles. The van der Waals surface area contributed by atoms with Crippen molar-refractivity contribution in [2.75, 3.05) is 14.2 Å². The molecule has 1 amide bonds. The number of hydrazine groups is 1. The van der Waals surface area contributed by atoms with E-state index in [0.717, 1.165) is 12.0 Å². The minimum atomic E-state index is -0.495. The van der Waals surface area contributed by atoms with E-state index in [1.165, 1.54) is 31.7 Å². The van der Waals surface area contributed by atoms with Gasteiger partial charge in [-0.15, -0.1) is 0 Å². The molecule has 2 N–H and O–H groups in total. The number of carbonyl (C=O) groups excluding carboxylic acids is 1. The molecule has 0 aliphatic carbocycles. The van der Waals surface area contributed by atoms with Crippen molar-refractivity contribution in [3.8, 4) is 11.5 Å². The van der Waals surface area contributed by atoms with Crippen molar-refractivity contribution >= 4 is 12.2 Å². The van der Waals surface area contributed by atoms with Crippen LogP contribution in [0.4, 0.5) is 4.39 Å². The molecule has 32 heavy (non-hydrogen) atoms. The lowest BCUT2D eigenvalue weighted by atomic mass is 10.0. The molecule has 0 radical (unpaired) electrons. The highest BCUT2D eigenvalue weighted by molar-refractivity contribution is 6.02. The van der Waals surface area contributed by atoms with Crippen LogP contribution in [0.15, 0.2) is 83.8 Å². The monoisotopic (exact) mass is 437 g/mol. The van der Waals surface area contributed by atoms with E-state index in [9.17, 15) is 9.18 Å². The highest BCUT2D eigenvalue weighted by Gasteiger charge is 2.17. The van der Waals surface area contributed by atoms with Crippen molar-refractivity contribution in [2.24, 2.45) is 4.99 Å². The van der Waals surface area contributed by atoms with Gasteiger partial charge in [0, 0.05) is 6.07 Å². The summed E-state index contributed by atoms with van der Waals surface area (Å²) in [7, 11) is 3.11. The summed E-state index contributed by atoms with van der Waals surface area (Å²) < 4.78 is 25.2. The van der Waals surface area contributed by atoms with Gasteiger partial charge in [0.2, 0.25) is 6.41 Å². The Morgan fingerprint density at radius 1 is 1.12 bits per heavy atom. The topological polar surface area (TPSA) is 72.0 Å². The molecule has 0 unspecified atom stereocenters. The maximum Gasteiger partial charge on any atom is 0.225 e. The van der Waals surface area contributed by atoms with E-state index in [1.54, 1.807) is 19.3 Å². The Morgan fingerprint density at radius 2 is 1.84 bits per heavy atom. The van der Waals surface area contributed by atoms with E-state index >= 15 is 0 Å². The van der Waals surface area contributed by atoms with E-state index in [4.69, 9.17) is 9.47 Å². The van der Waals surface area contributed by atoms with Gasteiger partial charge in [-0.05, 0) is 43.0 Å². The fraction of sp³-hybridized carbons (Fsp3) is 0.200. The second kappa shape index (κ2) is 12.7. The minimum absolute atomic E-state index is 0.0730. The van der Waals surface area contributed by atoms with Crippen LogP contribution < -0.4 is 20.3 Å². The Hall–Kier alpha value is -3.87. The summed E-state index contributed by atoms with van der Waals surface area (Å²) in [6, 6.07) is 13.7. The van der Waals surface area contributed by atoms with E-state index in [0.29, 0.717) is 29.9 Å². The smallest absolute Gasteiger partial charge is 0.225 e. The molecule has 0 fully saturated rings. The van der Waals surface area contributed by atoms with Gasteiger partial charge in [-0.2, -0.15) is 0 Å². The van der Waals surface area contributed by atoms with Gasteiger partial charge in [0.25, 0.3) is 0 Å². The first-order valence-electron chi connectivity index (χ1n) is 10.0. The van der Waals surface area contributed by atoms with Gasteiger partial charge in [-0.3, -0.25) is 15.6 Å². The van der Waals surface area contributed by atoms with Gasteiger partial charge in [0.05, 0.1) is 25.5 Å². The molecule has 2 aromatic carbocycles. The van der Waals surface area contributed by atoms with Crippen LogP contribution in [0.25, 0.3) is 0 Å². The maximum absolute atomic E-state index is 14.1. The number of ether oxygens (including phenoxy) is 2. The predicted molar refractivity (Wildman–Crippen MR) is 125 cm³/mol. The molecular weight excluding hydrogens is 409 g/mol. The van der Waals surface area contributed by atoms with Gasteiger partial charge >= 0.3 is 0 Å². The van der Waals surface area contributed by atoms with Gasteiger partial charge in [-0.25, -0.2) is 9.38 Å². The zero-order chi connectivity index (χ0) is 23.3. The van der Waals surface area contributed by atoms with E-state index in [2.05, 4.69) is 34.6 Å². The molecule has 0 heterocycles. The largest absolute Gasteiger partial charge is 0.496 e. The van der Waals surface area contributed by atoms with Crippen molar-refractivity contribution in [1.82, 2.24) is 10.9 Å². The summed E-state index contributed by atoms with van der Waals surface area (Å²) in [5.41, 5.74) is 7.79. The summed E-state index contributed by atoms with van der Waals surface area (Å²) in [6.45, 7) is 4.89. The highest BCUT2D eigenvalue weighted by atomic mass is 19.1. The first kappa shape index (κ1) is 24.4. The first-order valence-corrected chi connectivity index (χ1v) is 10.0. The molecule has 0 atom stereocenters. The first-order chi connectivity index (χ1) is 15.5. The van der Waals surface area contributed by atoms with Crippen LogP contribution in [0, 0.1) is 0 Å². The Labute approximate surface area is 188 Å². The number of amidine groups is 1. The molecule has 168 valence electrons. The number of nitrogens with zero attached hydrogens (tertiary/aromatic N) is 1. The lowest BCUT2D eigenvalue weighted by Gasteiger charge is -2.17. The van der Waals surface area contributed by atoms with Crippen LogP contribution in [-0.4, -0.2) is 26.5 Å². The minimum Gasteiger partial charge on any atom is -0.496 e. The average molecular weight is 438 g/mol. The lowest BCUT2D eigenvalue weighted by molar-refractivity contribution is -0.110. The second-order valence-corrected chi connectivity index (χ2v) is 6.71. The summed E-state index contributed by atoms with van der Waals surface area (Å²) in [5.74, 6) is 0.824. The third-order valence-corrected chi connectivity index (χ3v) is 4.61. The van der Waals surface area contributed by atoms with Crippen molar-refractivity contribution in [3.05, 3.63) is 95.5 Å². The highest BCUT2D eigenvalue weighted by Crippen LogP contribution is 2.31. The zero-order valence-electron chi connectivity index (χ0n) is 18.5. The standard InChI is InChI=1S/C25H28FN3O3/c1-5-6-12-22(18(2)26)28-25(29-27-17-30)21-15-20(23(31-3)16-24(21)32-4)14-13-19-10-8-7-9-11-19/h5-12,15-17H,1,13-14H2,2-4H3,(H,27,30)(H,28,29)/b12-6-,22-18-. The van der Waals surface area contributed by atoms with Gasteiger partial charge in [0.15, 0.2) is 5.84 Å². The number of allylic oxidation sites excluding steroid dienone is 4. The van der Waals surface area contributed by atoms with Crippen LogP contribution in [0.1, 0.15) is 23.6 Å². The number of hydrogen-bond acceptors (Lipinski definition) is 4. The molecule has 0 aliphatic rings. The molecular formula is C25H28FN3O3. The van der Waals surface area contributed by atoms with E-state index < -0.39 is 5.83 Å². The van der Waals surface area contributed by atoms with Crippen molar-refractivity contribution in [2.45, 2.75) is 19.8 Å². The van der Waals surface area contributed by atoms with Crippen molar-refractivity contribution in [1.29, 1.82) is 0 Å². The predicted octanol–water partition coefficient (Wildman–Crippen LogP) is 4.43. The van der Waals surface area contributed by atoms with Crippen LogP contribution in [-0.2, 0) is 17.6 Å². The third kappa shape index (κ3) is 6.84. The molecule has 0 bridgehead atoms. The number of hydrogen-bond donors (Lipinski definition) is 2. The molecule has 2 aromatic rings. The number of halogens is 1. The number of rotatable bonds is 11. The average Bonchev–Trinajstić information content (AvgIpc) is 2.82. The Kier molecular flexibility index (Phi) is 9.71. The fourth-order valence-corrected chi connectivity index (χ4v) is 3.03. The summed E-state index contributed by atoms with van der Waals surface area (Å²) >= 11 is 0. The van der Waals surface area contributed by atoms with Gasteiger partial charge in [-0.1, -0.05) is 49.1 Å². The van der Waals surface area contributed by atoms with Crippen molar-refractivity contribution in [3.63, 3.8) is 0 Å². The molecule has 2 rings (SSSR count). The van der Waals surface area contributed by atoms with Crippen LogP contribution in [0.2, 0.25) is 0 Å². The van der Waals surface area contributed by atoms with Crippen LogP contribution >= 0.6 is 0 Å². The number of amides is 1. The molecule has 0 aliphatic heterocycles.